The summed E-state index contributed by atoms with van der Waals surface area (Å²) in [5.74, 6) is 0.265. The minimum absolute atomic E-state index is 0.0463. The van der Waals surface area contributed by atoms with Gasteiger partial charge in [-0.1, -0.05) is 39.3 Å². The third-order valence-corrected chi connectivity index (χ3v) is 6.79. The number of ketones is 2. The van der Waals surface area contributed by atoms with Crippen LogP contribution in [0.2, 0.25) is 5.02 Å². The van der Waals surface area contributed by atoms with E-state index in [2.05, 4.69) is 5.10 Å². The number of rotatable bonds is 10. The van der Waals surface area contributed by atoms with Gasteiger partial charge in [0, 0.05) is 47.7 Å². The maximum absolute atomic E-state index is 13.6. The molecule has 7 nitrogen and oxygen atoms in total. The highest BCUT2D eigenvalue weighted by atomic mass is 35.5. The van der Waals surface area contributed by atoms with Crippen LogP contribution in [-0.4, -0.2) is 33.0 Å². The minimum atomic E-state index is -0.742. The lowest BCUT2D eigenvalue weighted by molar-refractivity contribution is -0.124. The van der Waals surface area contributed by atoms with Crippen LogP contribution < -0.4 is 10.3 Å². The number of carbonyl (C=O) groups is 2. The lowest BCUT2D eigenvalue weighted by Gasteiger charge is -2.24. The SMILES string of the molecule is CCC(=O)c1ccc(Cl)cc1-c1cc(=O)n(C(Cc2ccn(C3CC3)n2)C(=O)CC(C)(C)C)cc1OC. The van der Waals surface area contributed by atoms with Crippen molar-refractivity contribution in [3.05, 3.63) is 69.4 Å². The Morgan fingerprint density at radius 2 is 1.89 bits per heavy atom. The highest BCUT2D eigenvalue weighted by molar-refractivity contribution is 6.31. The van der Waals surface area contributed by atoms with E-state index < -0.39 is 6.04 Å². The van der Waals surface area contributed by atoms with Gasteiger partial charge in [-0.3, -0.25) is 19.1 Å². The standard InChI is InChI=1S/C29H34ClN3O4/c1-6-25(34)21-10-7-18(30)13-22(21)23-15-28(36)32(17-27(23)37-5)24(26(35)16-29(2,3)4)14-19-11-12-33(31-19)20-8-9-20/h7,10-13,15,17,20,24H,6,8-9,14,16H2,1-5H3. The summed E-state index contributed by atoms with van der Waals surface area (Å²) in [6, 6.07) is 8.02. The molecule has 1 saturated carbocycles. The van der Waals surface area contributed by atoms with Gasteiger partial charge in [0.05, 0.1) is 25.0 Å². The molecule has 0 radical (unpaired) electrons. The number of hydrogen-bond donors (Lipinski definition) is 0. The predicted octanol–water partition coefficient (Wildman–Crippen LogP) is 6.09. The maximum Gasteiger partial charge on any atom is 0.252 e. The Hall–Kier alpha value is -3.19. The van der Waals surface area contributed by atoms with Gasteiger partial charge >= 0.3 is 0 Å². The van der Waals surface area contributed by atoms with Crippen LogP contribution >= 0.6 is 11.6 Å². The van der Waals surface area contributed by atoms with E-state index >= 15 is 0 Å². The van der Waals surface area contributed by atoms with Gasteiger partial charge in [0.1, 0.15) is 11.8 Å². The van der Waals surface area contributed by atoms with Crippen molar-refractivity contribution < 1.29 is 14.3 Å². The van der Waals surface area contributed by atoms with E-state index in [0.29, 0.717) is 52.8 Å². The van der Waals surface area contributed by atoms with Crippen LogP contribution in [0.1, 0.15) is 81.5 Å². The first kappa shape index (κ1) is 26.9. The van der Waals surface area contributed by atoms with E-state index in [1.54, 1.807) is 31.3 Å². The Labute approximate surface area is 222 Å². The first-order chi connectivity index (χ1) is 17.5. The number of pyridine rings is 1. The number of methoxy groups -OCH3 is 1. The van der Waals surface area contributed by atoms with Gasteiger partial charge < -0.3 is 9.30 Å². The second-order valence-electron chi connectivity index (χ2n) is 10.9. The van der Waals surface area contributed by atoms with Crippen molar-refractivity contribution in [2.45, 2.75) is 71.9 Å². The topological polar surface area (TPSA) is 83.2 Å². The summed E-state index contributed by atoms with van der Waals surface area (Å²) in [4.78, 5) is 39.7. The van der Waals surface area contributed by atoms with Crippen molar-refractivity contribution in [2.24, 2.45) is 5.41 Å². The predicted molar refractivity (Wildman–Crippen MR) is 145 cm³/mol. The summed E-state index contributed by atoms with van der Waals surface area (Å²) in [5.41, 5.74) is 1.61. The number of carbonyl (C=O) groups excluding carboxylic acids is 2. The zero-order chi connectivity index (χ0) is 26.9. The molecule has 2 aromatic heterocycles. The van der Waals surface area contributed by atoms with Gasteiger partial charge in [-0.05, 0) is 48.1 Å². The summed E-state index contributed by atoms with van der Waals surface area (Å²) in [7, 11) is 1.50. The zero-order valence-corrected chi connectivity index (χ0v) is 22.8. The van der Waals surface area contributed by atoms with E-state index in [9.17, 15) is 14.4 Å². The number of halogens is 1. The van der Waals surface area contributed by atoms with Crippen molar-refractivity contribution in [3.8, 4) is 16.9 Å². The van der Waals surface area contributed by atoms with Crippen molar-refractivity contribution in [3.63, 3.8) is 0 Å². The summed E-state index contributed by atoms with van der Waals surface area (Å²) in [5, 5.41) is 5.11. The Morgan fingerprint density at radius 1 is 1.16 bits per heavy atom. The molecule has 0 aliphatic heterocycles. The lowest BCUT2D eigenvalue weighted by atomic mass is 9.86. The van der Waals surface area contributed by atoms with Gasteiger partial charge in [-0.25, -0.2) is 0 Å². The molecule has 1 fully saturated rings. The molecule has 37 heavy (non-hydrogen) atoms. The lowest BCUT2D eigenvalue weighted by Crippen LogP contribution is -2.33. The van der Waals surface area contributed by atoms with Crippen molar-refractivity contribution >= 4 is 23.2 Å². The molecule has 4 rings (SSSR count). The summed E-state index contributed by atoms with van der Waals surface area (Å²) >= 11 is 6.26. The van der Waals surface area contributed by atoms with E-state index in [0.717, 1.165) is 18.5 Å². The van der Waals surface area contributed by atoms with E-state index in [1.807, 2.05) is 37.7 Å². The van der Waals surface area contributed by atoms with Crippen LogP contribution in [0.5, 0.6) is 5.75 Å². The Kier molecular flexibility index (Phi) is 7.74. The molecule has 196 valence electrons. The Morgan fingerprint density at radius 3 is 2.51 bits per heavy atom. The fraction of sp³-hybridized carbons (Fsp3) is 0.448. The average Bonchev–Trinajstić information content (AvgIpc) is 3.59. The van der Waals surface area contributed by atoms with Crippen LogP contribution in [-0.2, 0) is 11.2 Å². The number of Topliss-reactive ketones (excluding diaryl/α,β-unsaturated/α-hetero) is 2. The fourth-order valence-electron chi connectivity index (χ4n) is 4.55. The molecule has 1 unspecified atom stereocenters. The van der Waals surface area contributed by atoms with Gasteiger partial charge in [0.2, 0.25) is 0 Å². The fourth-order valence-corrected chi connectivity index (χ4v) is 4.72. The monoisotopic (exact) mass is 523 g/mol. The van der Waals surface area contributed by atoms with E-state index in [4.69, 9.17) is 16.3 Å². The molecule has 1 aliphatic rings. The third-order valence-electron chi connectivity index (χ3n) is 6.56. The summed E-state index contributed by atoms with van der Waals surface area (Å²) < 4.78 is 9.07. The van der Waals surface area contributed by atoms with Crippen molar-refractivity contribution in [1.82, 2.24) is 14.3 Å². The molecule has 0 N–H and O–H groups in total. The molecule has 3 aromatic rings. The van der Waals surface area contributed by atoms with Crippen LogP contribution in [0.3, 0.4) is 0 Å². The number of benzene rings is 1. The van der Waals surface area contributed by atoms with Crippen LogP contribution in [0.15, 0.2) is 47.5 Å². The van der Waals surface area contributed by atoms with E-state index in [-0.39, 0.29) is 22.5 Å². The number of ether oxygens (including phenoxy) is 1. The molecule has 0 amide bonds. The molecule has 1 aromatic carbocycles. The van der Waals surface area contributed by atoms with Crippen molar-refractivity contribution in [2.75, 3.05) is 7.11 Å². The average molecular weight is 524 g/mol. The molecular weight excluding hydrogens is 490 g/mol. The van der Waals surface area contributed by atoms with Crippen LogP contribution in [0, 0.1) is 5.41 Å². The molecular formula is C29H34ClN3O4. The van der Waals surface area contributed by atoms with Crippen molar-refractivity contribution in [1.29, 1.82) is 0 Å². The first-order valence-electron chi connectivity index (χ1n) is 12.7. The van der Waals surface area contributed by atoms with Gasteiger partial charge in [-0.2, -0.15) is 5.10 Å². The summed E-state index contributed by atoms with van der Waals surface area (Å²) in [6.07, 6.45) is 6.65. The second-order valence-corrected chi connectivity index (χ2v) is 11.3. The second kappa shape index (κ2) is 10.7. The number of nitrogens with zero attached hydrogens (tertiary/aromatic N) is 3. The Bertz CT molecular complexity index is 1380. The van der Waals surface area contributed by atoms with E-state index in [1.165, 1.54) is 17.7 Å². The molecule has 2 heterocycles. The molecule has 1 aliphatic carbocycles. The number of hydrogen-bond acceptors (Lipinski definition) is 5. The molecule has 0 spiro atoms. The van der Waals surface area contributed by atoms with Gasteiger partial charge in [0.25, 0.3) is 5.56 Å². The third kappa shape index (κ3) is 6.21. The first-order valence-corrected chi connectivity index (χ1v) is 13.1. The van der Waals surface area contributed by atoms with Gasteiger partial charge in [0.15, 0.2) is 11.6 Å². The quantitative estimate of drug-likeness (QED) is 0.300. The van der Waals surface area contributed by atoms with Gasteiger partial charge in [-0.15, -0.1) is 0 Å². The number of aromatic nitrogens is 3. The molecule has 8 heteroatoms. The molecule has 0 saturated heterocycles. The minimum Gasteiger partial charge on any atom is -0.495 e. The van der Waals surface area contributed by atoms with Crippen LogP contribution in [0.25, 0.3) is 11.1 Å². The molecule has 0 bridgehead atoms. The molecule has 1 atom stereocenters. The highest BCUT2D eigenvalue weighted by Gasteiger charge is 2.30. The largest absolute Gasteiger partial charge is 0.495 e. The Balaban J connectivity index is 1.80. The smallest absolute Gasteiger partial charge is 0.252 e. The zero-order valence-electron chi connectivity index (χ0n) is 22.1. The summed E-state index contributed by atoms with van der Waals surface area (Å²) in [6.45, 7) is 7.79. The normalized spacial score (nSPS) is 14.4. The maximum atomic E-state index is 13.6. The highest BCUT2D eigenvalue weighted by Crippen LogP contribution is 2.36. The van der Waals surface area contributed by atoms with Crippen LogP contribution in [0.4, 0.5) is 0 Å².